The number of carboxylic acids is 1. The summed E-state index contributed by atoms with van der Waals surface area (Å²) >= 11 is 0. The van der Waals surface area contributed by atoms with Gasteiger partial charge in [0, 0.05) is 20.1 Å². The highest BCUT2D eigenvalue weighted by atomic mass is 16.4. The normalized spacial score (nSPS) is 11.8. The van der Waals surface area contributed by atoms with Gasteiger partial charge < -0.3 is 15.3 Å². The Morgan fingerprint density at radius 1 is 1.33 bits per heavy atom. The maximum absolute atomic E-state index is 11.9. The van der Waals surface area contributed by atoms with Gasteiger partial charge in [-0.3, -0.25) is 0 Å². The highest BCUT2D eigenvalue weighted by molar-refractivity contribution is 5.89. The van der Waals surface area contributed by atoms with Gasteiger partial charge in [0.2, 0.25) is 0 Å². The molecule has 2 N–H and O–H groups in total. The fourth-order valence-electron chi connectivity index (χ4n) is 2.07. The van der Waals surface area contributed by atoms with Crippen LogP contribution >= 0.6 is 0 Å². The van der Waals surface area contributed by atoms with Crippen LogP contribution in [0.3, 0.4) is 0 Å². The molecule has 1 rings (SSSR count). The van der Waals surface area contributed by atoms with E-state index in [1.807, 2.05) is 0 Å². The average Bonchev–Trinajstić information content (AvgIpc) is 2.47. The summed E-state index contributed by atoms with van der Waals surface area (Å²) in [7, 11) is 1.77. The predicted molar refractivity (Wildman–Crippen MR) is 82.6 cm³/mol. The molecule has 2 amide bonds. The molecule has 1 aromatic rings. The van der Waals surface area contributed by atoms with E-state index in [1.165, 1.54) is 0 Å². The molecule has 0 heterocycles. The molecule has 0 saturated heterocycles. The number of amides is 2. The first kappa shape index (κ1) is 17.0. The molecule has 0 aromatic heterocycles. The highest BCUT2D eigenvalue weighted by Gasteiger charge is 2.12. The summed E-state index contributed by atoms with van der Waals surface area (Å²) in [5.41, 5.74) is 1.02. The Morgan fingerprint density at radius 3 is 2.62 bits per heavy atom. The fraction of sp³-hybridized carbons (Fsp3) is 0.500. The van der Waals surface area contributed by atoms with Gasteiger partial charge in [-0.25, -0.2) is 9.59 Å². The van der Waals surface area contributed by atoms with Gasteiger partial charge in [0.25, 0.3) is 0 Å². The highest BCUT2D eigenvalue weighted by Crippen LogP contribution is 2.09. The van der Waals surface area contributed by atoms with Crippen molar-refractivity contribution in [1.82, 2.24) is 10.2 Å². The fourth-order valence-corrected chi connectivity index (χ4v) is 2.07. The van der Waals surface area contributed by atoms with Crippen LogP contribution in [-0.4, -0.2) is 42.1 Å². The first-order valence-electron chi connectivity index (χ1n) is 7.25. The SMILES string of the molecule is CCC(C)CN(C)C(=O)NCCc1ccccc1C(=O)O. The third kappa shape index (κ3) is 5.45. The maximum Gasteiger partial charge on any atom is 0.335 e. The molecule has 0 fully saturated rings. The van der Waals surface area contributed by atoms with Crippen molar-refractivity contribution in [2.45, 2.75) is 26.7 Å². The Hall–Kier alpha value is -2.04. The average molecular weight is 292 g/mol. The number of carbonyl (C=O) groups excluding carboxylic acids is 1. The van der Waals surface area contributed by atoms with E-state index in [1.54, 1.807) is 36.2 Å². The smallest absolute Gasteiger partial charge is 0.335 e. The Kier molecular flexibility index (Phi) is 6.72. The van der Waals surface area contributed by atoms with Gasteiger partial charge in [0.1, 0.15) is 0 Å². The number of nitrogens with zero attached hydrogens (tertiary/aromatic N) is 1. The first-order chi connectivity index (χ1) is 9.95. The number of carboxylic acid groups (broad SMARTS) is 1. The van der Waals surface area contributed by atoms with Gasteiger partial charge in [-0.2, -0.15) is 0 Å². The summed E-state index contributed by atoms with van der Waals surface area (Å²) in [6.07, 6.45) is 1.54. The Balaban J connectivity index is 2.47. The van der Waals surface area contributed by atoms with Crippen LogP contribution in [-0.2, 0) is 6.42 Å². The van der Waals surface area contributed by atoms with E-state index in [4.69, 9.17) is 5.11 Å². The molecule has 0 saturated carbocycles. The lowest BCUT2D eigenvalue weighted by Crippen LogP contribution is -2.40. The van der Waals surface area contributed by atoms with Gasteiger partial charge in [-0.15, -0.1) is 0 Å². The van der Waals surface area contributed by atoms with Crippen LogP contribution in [0.1, 0.15) is 36.2 Å². The summed E-state index contributed by atoms with van der Waals surface area (Å²) < 4.78 is 0. The van der Waals surface area contributed by atoms with E-state index >= 15 is 0 Å². The monoisotopic (exact) mass is 292 g/mol. The number of carbonyl (C=O) groups is 2. The Morgan fingerprint density at radius 2 is 2.00 bits per heavy atom. The summed E-state index contributed by atoms with van der Waals surface area (Å²) in [6, 6.07) is 6.74. The van der Waals surface area contributed by atoms with E-state index in [2.05, 4.69) is 19.2 Å². The molecule has 1 aromatic carbocycles. The van der Waals surface area contributed by atoms with Gasteiger partial charge in [-0.1, -0.05) is 38.5 Å². The number of hydrogen-bond donors (Lipinski definition) is 2. The Bertz CT molecular complexity index is 488. The minimum atomic E-state index is -0.939. The summed E-state index contributed by atoms with van der Waals surface area (Å²) in [6.45, 7) is 5.34. The van der Waals surface area contributed by atoms with E-state index in [9.17, 15) is 9.59 Å². The van der Waals surface area contributed by atoms with Crippen molar-refractivity contribution in [1.29, 1.82) is 0 Å². The molecule has 1 atom stereocenters. The maximum atomic E-state index is 11.9. The molecular formula is C16H24N2O3. The molecule has 0 aliphatic carbocycles. The van der Waals surface area contributed by atoms with Crippen LogP contribution in [0.15, 0.2) is 24.3 Å². The Labute approximate surface area is 126 Å². The zero-order valence-corrected chi connectivity index (χ0v) is 12.9. The first-order valence-corrected chi connectivity index (χ1v) is 7.25. The van der Waals surface area contributed by atoms with Crippen molar-refractivity contribution in [3.8, 4) is 0 Å². The molecule has 116 valence electrons. The largest absolute Gasteiger partial charge is 0.478 e. The molecular weight excluding hydrogens is 268 g/mol. The lowest BCUT2D eigenvalue weighted by Gasteiger charge is -2.21. The van der Waals surface area contributed by atoms with Gasteiger partial charge in [-0.05, 0) is 24.0 Å². The van der Waals surface area contributed by atoms with Crippen LogP contribution < -0.4 is 5.32 Å². The number of urea groups is 1. The van der Waals surface area contributed by atoms with Crippen molar-refractivity contribution in [3.63, 3.8) is 0 Å². The summed E-state index contributed by atoms with van der Waals surface area (Å²) in [5.74, 6) is -0.473. The van der Waals surface area contributed by atoms with Crippen LogP contribution in [0.5, 0.6) is 0 Å². The number of benzene rings is 1. The topological polar surface area (TPSA) is 69.6 Å². The van der Waals surface area contributed by atoms with Crippen molar-refractivity contribution in [2.24, 2.45) is 5.92 Å². The molecule has 1 unspecified atom stereocenters. The lowest BCUT2D eigenvalue weighted by atomic mass is 10.0. The molecule has 0 bridgehead atoms. The van der Waals surface area contributed by atoms with Crippen LogP contribution in [0.4, 0.5) is 4.79 Å². The molecule has 0 aliphatic heterocycles. The summed E-state index contributed by atoms with van der Waals surface area (Å²) in [5, 5.41) is 11.9. The van der Waals surface area contributed by atoms with E-state index in [-0.39, 0.29) is 6.03 Å². The number of hydrogen-bond acceptors (Lipinski definition) is 2. The van der Waals surface area contributed by atoms with Crippen molar-refractivity contribution in [3.05, 3.63) is 35.4 Å². The third-order valence-corrected chi connectivity index (χ3v) is 3.55. The lowest BCUT2D eigenvalue weighted by molar-refractivity contribution is 0.0695. The van der Waals surface area contributed by atoms with E-state index in [0.29, 0.717) is 31.0 Å². The molecule has 0 spiro atoms. The molecule has 5 nitrogen and oxygen atoms in total. The second-order valence-corrected chi connectivity index (χ2v) is 5.34. The zero-order valence-electron chi connectivity index (χ0n) is 12.9. The zero-order chi connectivity index (χ0) is 15.8. The van der Waals surface area contributed by atoms with Crippen molar-refractivity contribution >= 4 is 12.0 Å². The number of aromatic carboxylic acids is 1. The molecule has 0 aliphatic rings. The van der Waals surface area contributed by atoms with Gasteiger partial charge in [0.05, 0.1) is 5.56 Å². The molecule has 5 heteroatoms. The minimum Gasteiger partial charge on any atom is -0.478 e. The van der Waals surface area contributed by atoms with E-state index < -0.39 is 5.97 Å². The van der Waals surface area contributed by atoms with Gasteiger partial charge in [0.15, 0.2) is 0 Å². The van der Waals surface area contributed by atoms with Crippen molar-refractivity contribution in [2.75, 3.05) is 20.1 Å². The van der Waals surface area contributed by atoms with Crippen molar-refractivity contribution < 1.29 is 14.7 Å². The summed E-state index contributed by atoms with van der Waals surface area (Å²) in [4.78, 5) is 24.7. The predicted octanol–water partition coefficient (Wildman–Crippen LogP) is 2.61. The van der Waals surface area contributed by atoms with Crippen LogP contribution in [0, 0.1) is 5.92 Å². The minimum absolute atomic E-state index is 0.122. The van der Waals surface area contributed by atoms with Gasteiger partial charge >= 0.3 is 12.0 Å². The third-order valence-electron chi connectivity index (χ3n) is 3.55. The second-order valence-electron chi connectivity index (χ2n) is 5.34. The second kappa shape index (κ2) is 8.29. The van der Waals surface area contributed by atoms with Crippen LogP contribution in [0.2, 0.25) is 0 Å². The standard InChI is InChI=1S/C16H24N2O3/c1-4-12(2)11-18(3)16(21)17-10-9-13-7-5-6-8-14(13)15(19)20/h5-8,12H,4,9-11H2,1-3H3,(H,17,21)(H,19,20). The molecule has 0 radical (unpaired) electrons. The quantitative estimate of drug-likeness (QED) is 0.811. The number of nitrogens with one attached hydrogen (secondary N) is 1. The number of rotatable bonds is 7. The molecule has 21 heavy (non-hydrogen) atoms. The van der Waals surface area contributed by atoms with Crippen LogP contribution in [0.25, 0.3) is 0 Å². The van der Waals surface area contributed by atoms with E-state index in [0.717, 1.165) is 12.0 Å².